The van der Waals surface area contributed by atoms with Crippen molar-refractivity contribution in [3.63, 3.8) is 0 Å². The van der Waals surface area contributed by atoms with Crippen LogP contribution in [0.4, 0.5) is 0 Å². The first-order chi connectivity index (χ1) is 13.8. The molecule has 4 N–H and O–H groups in total. The highest BCUT2D eigenvalue weighted by Gasteiger charge is 2.54. The number of nitrogens with two attached hydrogens (primary N) is 1. The number of fused-ring (bicyclic) bond motifs is 1. The number of carboxylic acids is 1. The number of rotatable bonds is 6. The van der Waals surface area contributed by atoms with E-state index in [0.29, 0.717) is 11.1 Å². The van der Waals surface area contributed by atoms with Crippen molar-refractivity contribution in [3.8, 4) is 0 Å². The minimum absolute atomic E-state index is 0.0396. The second-order valence-corrected chi connectivity index (χ2v) is 7.35. The maximum Gasteiger partial charge on any atom is 0.352 e. The quantitative estimate of drug-likeness (QED) is 0.186. The van der Waals surface area contributed by atoms with Gasteiger partial charge in [0.15, 0.2) is 5.71 Å². The lowest BCUT2D eigenvalue weighted by atomic mass is 10.0. The van der Waals surface area contributed by atoms with Crippen molar-refractivity contribution in [2.45, 2.75) is 18.3 Å². The van der Waals surface area contributed by atoms with Crippen LogP contribution >= 0.6 is 11.8 Å². The van der Waals surface area contributed by atoms with Gasteiger partial charge in [0.2, 0.25) is 0 Å². The van der Waals surface area contributed by atoms with Crippen LogP contribution in [0, 0.1) is 0 Å². The zero-order chi connectivity index (χ0) is 21.1. The molecule has 3 rings (SSSR count). The average Bonchev–Trinajstić information content (AvgIpc) is 2.70. The van der Waals surface area contributed by atoms with Crippen molar-refractivity contribution in [2.75, 3.05) is 12.4 Å². The Morgan fingerprint density at radius 1 is 1.34 bits per heavy atom. The molecule has 0 spiro atoms. The molecule has 0 aromatic heterocycles. The van der Waals surface area contributed by atoms with E-state index in [-0.39, 0.29) is 23.8 Å². The summed E-state index contributed by atoms with van der Waals surface area (Å²) < 4.78 is 4.88. The molecule has 1 aromatic carbocycles. The van der Waals surface area contributed by atoms with E-state index in [9.17, 15) is 24.3 Å². The summed E-state index contributed by atoms with van der Waals surface area (Å²) >= 11 is 1.27. The number of hydrogen-bond donors (Lipinski definition) is 3. The molecule has 10 nitrogen and oxygen atoms in total. The van der Waals surface area contributed by atoms with Gasteiger partial charge in [0.1, 0.15) is 23.7 Å². The third kappa shape index (κ3) is 3.94. The van der Waals surface area contributed by atoms with Crippen LogP contribution < -0.4 is 11.2 Å². The largest absolute Gasteiger partial charge is 0.477 e. The van der Waals surface area contributed by atoms with Gasteiger partial charge >= 0.3 is 11.9 Å². The summed E-state index contributed by atoms with van der Waals surface area (Å²) in [6.45, 7) is 0.999. The van der Waals surface area contributed by atoms with Crippen LogP contribution in [0.25, 0.3) is 0 Å². The number of amides is 2. The minimum Gasteiger partial charge on any atom is -0.477 e. The number of esters is 1. The third-order valence-corrected chi connectivity index (χ3v) is 5.72. The molecular weight excluding hydrogens is 400 g/mol. The topological polar surface area (TPSA) is 151 Å². The van der Waals surface area contributed by atoms with Crippen LogP contribution in [-0.4, -0.2) is 63.2 Å². The molecule has 152 valence electrons. The van der Waals surface area contributed by atoms with Crippen molar-refractivity contribution in [1.29, 1.82) is 0 Å². The zero-order valence-corrected chi connectivity index (χ0v) is 16.1. The van der Waals surface area contributed by atoms with Gasteiger partial charge in [-0.1, -0.05) is 30.3 Å². The Labute approximate surface area is 169 Å². The summed E-state index contributed by atoms with van der Waals surface area (Å²) in [5.41, 5.74) is 0.547. The number of hydrogen-bond acceptors (Lipinski definition) is 8. The fourth-order valence-corrected chi connectivity index (χ4v) is 4.38. The van der Waals surface area contributed by atoms with Crippen molar-refractivity contribution in [1.82, 2.24) is 10.2 Å². The van der Waals surface area contributed by atoms with Gasteiger partial charge < -0.3 is 21.0 Å². The zero-order valence-electron chi connectivity index (χ0n) is 15.3. The highest BCUT2D eigenvalue weighted by molar-refractivity contribution is 8.00. The second kappa shape index (κ2) is 8.35. The molecule has 2 aliphatic heterocycles. The summed E-state index contributed by atoms with van der Waals surface area (Å²) in [6.07, 6.45) is 0. The van der Waals surface area contributed by atoms with E-state index in [1.165, 1.54) is 18.7 Å². The summed E-state index contributed by atoms with van der Waals surface area (Å²) in [7, 11) is 0. The van der Waals surface area contributed by atoms with Gasteiger partial charge in [-0.3, -0.25) is 19.3 Å². The van der Waals surface area contributed by atoms with E-state index in [1.54, 1.807) is 30.3 Å². The molecular formula is C18H18N4O6S. The van der Waals surface area contributed by atoms with Gasteiger partial charge in [-0.2, -0.15) is 5.10 Å². The molecule has 0 bridgehead atoms. The monoisotopic (exact) mass is 418 g/mol. The molecule has 1 aromatic rings. The van der Waals surface area contributed by atoms with E-state index in [4.69, 9.17) is 10.6 Å². The number of ether oxygens (including phenoxy) is 1. The Kier molecular flexibility index (Phi) is 5.87. The fraction of sp³-hybridized carbons (Fsp3) is 0.278. The highest BCUT2D eigenvalue weighted by atomic mass is 32.2. The Hall–Kier alpha value is -3.34. The number of nitrogens with one attached hydrogen (secondary N) is 1. The van der Waals surface area contributed by atoms with Crippen LogP contribution in [0.5, 0.6) is 0 Å². The van der Waals surface area contributed by atoms with E-state index >= 15 is 0 Å². The predicted molar refractivity (Wildman–Crippen MR) is 103 cm³/mol. The number of nitrogens with zero attached hydrogens (tertiary/aromatic N) is 2. The molecule has 0 saturated carbocycles. The van der Waals surface area contributed by atoms with Gasteiger partial charge in [0, 0.05) is 23.8 Å². The van der Waals surface area contributed by atoms with Gasteiger partial charge in [0.05, 0.1) is 0 Å². The van der Waals surface area contributed by atoms with Gasteiger partial charge in [-0.05, 0) is 0 Å². The Morgan fingerprint density at radius 2 is 2.03 bits per heavy atom. The number of benzene rings is 1. The second-order valence-electron chi connectivity index (χ2n) is 6.24. The number of aliphatic carboxylic acids is 1. The molecule has 1 fully saturated rings. The Balaban J connectivity index is 1.76. The minimum atomic E-state index is -1.30. The van der Waals surface area contributed by atoms with Crippen molar-refractivity contribution >= 4 is 41.2 Å². The normalized spacial score (nSPS) is 21.2. The van der Waals surface area contributed by atoms with Crippen molar-refractivity contribution < 1.29 is 29.0 Å². The average molecular weight is 418 g/mol. The molecule has 29 heavy (non-hydrogen) atoms. The van der Waals surface area contributed by atoms with Gasteiger partial charge in [-0.25, -0.2) is 4.79 Å². The Bertz CT molecular complexity index is 930. The molecule has 2 aliphatic rings. The number of carbonyl (C=O) groups is 4. The van der Waals surface area contributed by atoms with Crippen LogP contribution in [0.2, 0.25) is 0 Å². The molecule has 1 saturated heterocycles. The Morgan fingerprint density at radius 3 is 2.62 bits per heavy atom. The first kappa shape index (κ1) is 20.4. The maximum atomic E-state index is 12.6. The molecule has 0 aliphatic carbocycles. The third-order valence-electron chi connectivity index (χ3n) is 4.38. The van der Waals surface area contributed by atoms with Gasteiger partial charge in [0.25, 0.3) is 11.8 Å². The molecule has 11 heteroatoms. The lowest BCUT2D eigenvalue weighted by molar-refractivity contribution is -0.150. The van der Waals surface area contributed by atoms with E-state index < -0.39 is 35.2 Å². The van der Waals surface area contributed by atoms with E-state index in [1.807, 2.05) is 0 Å². The highest BCUT2D eigenvalue weighted by Crippen LogP contribution is 2.40. The summed E-state index contributed by atoms with van der Waals surface area (Å²) in [5.74, 6) is 2.53. The SMILES string of the molecule is CC(=O)OCC1=C(C(=O)O)N2C(=O)C(NC(=O)/C(=N\N)c3ccccc3)[C@@H]2SC1. The van der Waals surface area contributed by atoms with Crippen LogP contribution in [0.1, 0.15) is 12.5 Å². The number of hydrazone groups is 1. The smallest absolute Gasteiger partial charge is 0.352 e. The van der Waals surface area contributed by atoms with Crippen LogP contribution in [0.3, 0.4) is 0 Å². The molecule has 2 atom stereocenters. The number of β-lactam (4-membered cyclic amide) rings is 1. The first-order valence-electron chi connectivity index (χ1n) is 8.52. The number of carboxylic acid groups (broad SMARTS) is 1. The summed E-state index contributed by atoms with van der Waals surface area (Å²) in [6, 6.07) is 7.60. The summed E-state index contributed by atoms with van der Waals surface area (Å²) in [4.78, 5) is 49.0. The lowest BCUT2D eigenvalue weighted by Crippen LogP contribution is -2.71. The first-order valence-corrected chi connectivity index (χ1v) is 9.57. The predicted octanol–water partition coefficient (Wildman–Crippen LogP) is -0.349. The maximum absolute atomic E-state index is 12.6. The molecule has 2 amide bonds. The molecule has 2 heterocycles. The van der Waals surface area contributed by atoms with Crippen LogP contribution in [0.15, 0.2) is 46.7 Å². The fourth-order valence-electron chi connectivity index (χ4n) is 3.05. The van der Waals surface area contributed by atoms with Crippen molar-refractivity contribution in [3.05, 3.63) is 47.2 Å². The molecule has 1 unspecified atom stereocenters. The van der Waals surface area contributed by atoms with Crippen LogP contribution in [-0.2, 0) is 23.9 Å². The van der Waals surface area contributed by atoms with E-state index in [0.717, 1.165) is 4.90 Å². The summed E-state index contributed by atoms with van der Waals surface area (Å²) in [5, 5.41) is 15.0. The molecule has 0 radical (unpaired) electrons. The van der Waals surface area contributed by atoms with Gasteiger partial charge in [-0.15, -0.1) is 11.8 Å². The number of carbonyl (C=O) groups excluding carboxylic acids is 3. The standard InChI is InChI=1S/C18H18N4O6S/c1-9(23)28-7-11-8-29-17-13(16(25)22(17)14(11)18(26)27)20-15(24)12(21-19)10-5-3-2-4-6-10/h2-6,13,17H,7-8,19H2,1H3,(H,20,24)(H,26,27)/b21-12-/t13?,17-/m0/s1. The van der Waals surface area contributed by atoms with Crippen molar-refractivity contribution in [2.24, 2.45) is 10.9 Å². The number of thioether (sulfide) groups is 1. The van der Waals surface area contributed by atoms with E-state index in [2.05, 4.69) is 10.4 Å². The lowest BCUT2D eigenvalue weighted by Gasteiger charge is -2.49.